The minimum Gasteiger partial charge on any atom is -0.507 e. The van der Waals surface area contributed by atoms with E-state index >= 15 is 0 Å². The maximum absolute atomic E-state index is 13.3. The van der Waals surface area contributed by atoms with E-state index in [1.54, 1.807) is 4.90 Å². The molecule has 1 aromatic heterocycles. The average molecular weight is 383 g/mol. The van der Waals surface area contributed by atoms with Gasteiger partial charge in [0.05, 0.1) is 11.3 Å². The van der Waals surface area contributed by atoms with Crippen LogP contribution in [0.1, 0.15) is 65.5 Å². The second-order valence-electron chi connectivity index (χ2n) is 8.32. The predicted octanol–water partition coefficient (Wildman–Crippen LogP) is 2.61. The number of nitrogens with zero attached hydrogens (tertiary/aromatic N) is 2. The lowest BCUT2D eigenvalue weighted by Gasteiger charge is -2.40. The molecule has 1 aliphatic heterocycles. The molecule has 7 heteroatoms. The smallest absolute Gasteiger partial charge is 0.257 e. The van der Waals surface area contributed by atoms with Crippen LogP contribution in [0.2, 0.25) is 0 Å². The number of amides is 1. The van der Waals surface area contributed by atoms with E-state index in [4.69, 9.17) is 4.98 Å². The topological polar surface area (TPSA) is 86.3 Å². The first-order valence-electron chi connectivity index (χ1n) is 9.88. The third-order valence-corrected chi connectivity index (χ3v) is 6.41. The molecular weight excluding hydrogens is 361 g/mol. The number of piperidine rings is 1. The van der Waals surface area contributed by atoms with Gasteiger partial charge >= 0.3 is 0 Å². The number of carbonyl (C=O) groups excluding carboxylic acids is 1. The molecule has 146 valence electrons. The molecule has 28 heavy (non-hydrogen) atoms. The summed E-state index contributed by atoms with van der Waals surface area (Å²) in [6.45, 7) is 1.04. The largest absolute Gasteiger partial charge is 0.507 e. The Bertz CT molecular complexity index is 1030. The summed E-state index contributed by atoms with van der Waals surface area (Å²) < 4.78 is 13.3. The van der Waals surface area contributed by atoms with Crippen LogP contribution in [-0.2, 0) is 11.8 Å². The van der Waals surface area contributed by atoms with Crippen LogP contribution in [0.5, 0.6) is 5.75 Å². The third kappa shape index (κ3) is 2.72. The number of carbonyl (C=O) groups is 1. The SMILES string of the molecule is O=C(c1ccc(F)cc1O)N1CCCC2(CCc3c2nc(C2CC2)[nH]c3=O)C1. The van der Waals surface area contributed by atoms with E-state index in [9.17, 15) is 19.1 Å². The zero-order chi connectivity index (χ0) is 19.5. The van der Waals surface area contributed by atoms with Crippen molar-refractivity contribution in [1.82, 2.24) is 14.9 Å². The van der Waals surface area contributed by atoms with Crippen LogP contribution in [0.4, 0.5) is 4.39 Å². The Balaban J connectivity index is 1.48. The van der Waals surface area contributed by atoms with Gasteiger partial charge < -0.3 is 15.0 Å². The molecule has 1 spiro atoms. The number of fused-ring (bicyclic) bond motifs is 2. The number of H-pyrrole nitrogens is 1. The zero-order valence-corrected chi connectivity index (χ0v) is 15.5. The van der Waals surface area contributed by atoms with Gasteiger partial charge in [0.1, 0.15) is 17.4 Å². The van der Waals surface area contributed by atoms with Crippen molar-refractivity contribution in [3.8, 4) is 5.75 Å². The van der Waals surface area contributed by atoms with Gasteiger partial charge in [0.2, 0.25) is 0 Å². The van der Waals surface area contributed by atoms with Crippen molar-refractivity contribution in [3.05, 3.63) is 57.0 Å². The average Bonchev–Trinajstić information content (AvgIpc) is 3.46. The maximum Gasteiger partial charge on any atom is 0.257 e. The lowest BCUT2D eigenvalue weighted by atomic mass is 9.77. The lowest BCUT2D eigenvalue weighted by molar-refractivity contribution is 0.0630. The summed E-state index contributed by atoms with van der Waals surface area (Å²) in [7, 11) is 0. The molecule has 3 aliphatic rings. The van der Waals surface area contributed by atoms with E-state index < -0.39 is 5.82 Å². The molecule has 2 aliphatic carbocycles. The van der Waals surface area contributed by atoms with Gasteiger partial charge in [0.25, 0.3) is 11.5 Å². The zero-order valence-electron chi connectivity index (χ0n) is 15.5. The number of hydrogen-bond acceptors (Lipinski definition) is 4. The molecule has 1 atom stereocenters. The van der Waals surface area contributed by atoms with Crippen molar-refractivity contribution in [2.75, 3.05) is 13.1 Å². The number of likely N-dealkylation sites (tertiary alicyclic amines) is 1. The van der Waals surface area contributed by atoms with Crippen LogP contribution in [0.15, 0.2) is 23.0 Å². The Labute approximate surface area is 161 Å². The second kappa shape index (κ2) is 6.15. The monoisotopic (exact) mass is 383 g/mol. The number of benzene rings is 1. The summed E-state index contributed by atoms with van der Waals surface area (Å²) in [5.74, 6) is -0.0953. The molecule has 5 rings (SSSR count). The summed E-state index contributed by atoms with van der Waals surface area (Å²) in [6, 6.07) is 3.46. The lowest BCUT2D eigenvalue weighted by Crippen LogP contribution is -2.48. The van der Waals surface area contributed by atoms with Gasteiger partial charge in [-0.1, -0.05) is 0 Å². The second-order valence-corrected chi connectivity index (χ2v) is 8.32. The van der Waals surface area contributed by atoms with Crippen LogP contribution in [0.25, 0.3) is 0 Å². The molecule has 1 aromatic carbocycles. The highest BCUT2D eigenvalue weighted by atomic mass is 19.1. The first-order chi connectivity index (χ1) is 13.5. The standard InChI is InChI=1S/C21H22FN3O3/c22-13-4-5-14(16(26)10-13)20(28)25-9-1-7-21(11-25)8-6-15-17(21)23-18(12-2-3-12)24-19(15)27/h4-5,10,12,26H,1-3,6-9,11H2,(H,23,24,27). The van der Waals surface area contributed by atoms with E-state index in [1.165, 1.54) is 12.1 Å². The summed E-state index contributed by atoms with van der Waals surface area (Å²) >= 11 is 0. The van der Waals surface area contributed by atoms with Crippen LogP contribution < -0.4 is 5.56 Å². The molecule has 0 radical (unpaired) electrons. The van der Waals surface area contributed by atoms with E-state index in [0.29, 0.717) is 25.4 Å². The highest BCUT2D eigenvalue weighted by Crippen LogP contribution is 2.45. The number of halogens is 1. The molecular formula is C21H22FN3O3. The number of aromatic nitrogens is 2. The van der Waals surface area contributed by atoms with Gasteiger partial charge in [-0.2, -0.15) is 0 Å². The maximum atomic E-state index is 13.3. The van der Waals surface area contributed by atoms with Crippen LogP contribution >= 0.6 is 0 Å². The van der Waals surface area contributed by atoms with Gasteiger partial charge in [-0.3, -0.25) is 9.59 Å². The molecule has 1 saturated carbocycles. The quantitative estimate of drug-likeness (QED) is 0.835. The predicted molar refractivity (Wildman–Crippen MR) is 100 cm³/mol. The fourth-order valence-electron chi connectivity index (χ4n) is 4.78. The summed E-state index contributed by atoms with van der Waals surface area (Å²) in [4.78, 5) is 35.1. The molecule has 2 aromatic rings. The molecule has 0 bridgehead atoms. The number of nitrogens with one attached hydrogen (secondary N) is 1. The molecule has 2 heterocycles. The van der Waals surface area contributed by atoms with E-state index in [-0.39, 0.29) is 28.2 Å². The summed E-state index contributed by atoms with van der Waals surface area (Å²) in [5.41, 5.74) is 1.37. The Hall–Kier alpha value is -2.70. The number of hydrogen-bond donors (Lipinski definition) is 2. The Morgan fingerprint density at radius 1 is 1.32 bits per heavy atom. The van der Waals surface area contributed by atoms with Crippen molar-refractivity contribution in [2.45, 2.75) is 49.9 Å². The van der Waals surface area contributed by atoms with Crippen molar-refractivity contribution in [3.63, 3.8) is 0 Å². The van der Waals surface area contributed by atoms with Crippen molar-refractivity contribution in [2.24, 2.45) is 0 Å². The third-order valence-electron chi connectivity index (χ3n) is 6.41. The number of aromatic hydroxyl groups is 1. The summed E-state index contributed by atoms with van der Waals surface area (Å²) in [6.07, 6.45) is 5.28. The molecule has 1 amide bonds. The fourth-order valence-corrected chi connectivity index (χ4v) is 4.78. The van der Waals surface area contributed by atoms with Crippen LogP contribution in [0.3, 0.4) is 0 Å². The van der Waals surface area contributed by atoms with Crippen molar-refractivity contribution in [1.29, 1.82) is 0 Å². The Morgan fingerprint density at radius 2 is 2.14 bits per heavy atom. The van der Waals surface area contributed by atoms with Gasteiger partial charge in [-0.15, -0.1) is 0 Å². The van der Waals surface area contributed by atoms with Crippen LogP contribution in [0, 0.1) is 5.82 Å². The number of phenolic OH excluding ortho intramolecular Hbond substituents is 1. The Morgan fingerprint density at radius 3 is 2.89 bits per heavy atom. The first kappa shape index (κ1) is 17.4. The fraction of sp³-hybridized carbons (Fsp3) is 0.476. The van der Waals surface area contributed by atoms with E-state index in [2.05, 4.69) is 4.98 Å². The van der Waals surface area contributed by atoms with E-state index in [0.717, 1.165) is 55.3 Å². The molecule has 2 N–H and O–H groups in total. The van der Waals surface area contributed by atoms with Gasteiger partial charge in [-0.05, 0) is 50.7 Å². The minimum atomic E-state index is -0.579. The Kier molecular flexibility index (Phi) is 3.82. The van der Waals surface area contributed by atoms with Crippen LogP contribution in [-0.4, -0.2) is 39.0 Å². The van der Waals surface area contributed by atoms with Crippen molar-refractivity contribution < 1.29 is 14.3 Å². The highest BCUT2D eigenvalue weighted by molar-refractivity contribution is 5.97. The van der Waals surface area contributed by atoms with E-state index in [1.807, 2.05) is 0 Å². The first-order valence-corrected chi connectivity index (χ1v) is 9.88. The van der Waals surface area contributed by atoms with Gasteiger partial charge in [0, 0.05) is 36.1 Å². The van der Waals surface area contributed by atoms with Gasteiger partial charge in [-0.25, -0.2) is 9.37 Å². The number of rotatable bonds is 2. The number of aromatic amines is 1. The van der Waals surface area contributed by atoms with Gasteiger partial charge in [0.15, 0.2) is 0 Å². The molecule has 1 unspecified atom stereocenters. The highest BCUT2D eigenvalue weighted by Gasteiger charge is 2.46. The minimum absolute atomic E-state index is 0.0385. The molecule has 2 fully saturated rings. The van der Waals surface area contributed by atoms with Crippen molar-refractivity contribution >= 4 is 5.91 Å². The number of phenols is 1. The summed E-state index contributed by atoms with van der Waals surface area (Å²) in [5, 5.41) is 10.0. The molecule has 1 saturated heterocycles. The normalized spacial score (nSPS) is 23.8. The molecule has 6 nitrogen and oxygen atoms in total.